The fourth-order valence-corrected chi connectivity index (χ4v) is 3.41. The van der Waals surface area contributed by atoms with Crippen LogP contribution in [0.1, 0.15) is 70.5 Å². The van der Waals surface area contributed by atoms with Gasteiger partial charge in [0.25, 0.3) is 0 Å². The van der Waals surface area contributed by atoms with Crippen LogP contribution in [0.5, 0.6) is 0 Å². The lowest BCUT2D eigenvalue weighted by Gasteiger charge is -2.35. The molecule has 148 valence electrons. The molecular weight excluding hydrogens is 328 g/mol. The standard InChI is InChI=1S/C19H36N6O/c1-5-16-9-6-7-13-25(16)14-12-22-19(20-4)21-11-8-10-17-23-18(15(2)3)24-26-17/h15-16H,5-14H2,1-4H3,(H2,20,21,22). The van der Waals surface area contributed by atoms with Gasteiger partial charge < -0.3 is 15.2 Å². The average Bonchev–Trinajstić information content (AvgIpc) is 3.13. The zero-order chi connectivity index (χ0) is 18.8. The van der Waals surface area contributed by atoms with E-state index in [-0.39, 0.29) is 0 Å². The van der Waals surface area contributed by atoms with E-state index in [9.17, 15) is 0 Å². The number of hydrogen-bond donors (Lipinski definition) is 2. The lowest BCUT2D eigenvalue weighted by Crippen LogP contribution is -2.46. The summed E-state index contributed by atoms with van der Waals surface area (Å²) in [5, 5.41) is 10.8. The smallest absolute Gasteiger partial charge is 0.226 e. The highest BCUT2D eigenvalue weighted by Gasteiger charge is 2.19. The van der Waals surface area contributed by atoms with Crippen LogP contribution < -0.4 is 10.6 Å². The first-order chi connectivity index (χ1) is 12.6. The number of rotatable bonds is 9. The zero-order valence-corrected chi connectivity index (χ0v) is 16.9. The molecule has 1 fully saturated rings. The molecule has 0 saturated carbocycles. The Bertz CT molecular complexity index is 542. The molecule has 0 radical (unpaired) electrons. The van der Waals surface area contributed by atoms with Crippen molar-refractivity contribution >= 4 is 5.96 Å². The van der Waals surface area contributed by atoms with Gasteiger partial charge in [-0.25, -0.2) is 0 Å². The molecule has 2 heterocycles. The molecule has 0 bridgehead atoms. The van der Waals surface area contributed by atoms with E-state index in [2.05, 4.69) is 51.4 Å². The zero-order valence-electron chi connectivity index (χ0n) is 16.9. The summed E-state index contributed by atoms with van der Waals surface area (Å²) in [6.45, 7) is 10.5. The molecule has 1 aromatic rings. The van der Waals surface area contributed by atoms with E-state index in [0.29, 0.717) is 11.8 Å². The Labute approximate surface area is 158 Å². The van der Waals surface area contributed by atoms with Crippen molar-refractivity contribution in [3.63, 3.8) is 0 Å². The van der Waals surface area contributed by atoms with Crippen molar-refractivity contribution in [2.45, 2.75) is 71.3 Å². The van der Waals surface area contributed by atoms with Gasteiger partial charge in [-0.3, -0.25) is 9.89 Å². The van der Waals surface area contributed by atoms with Gasteiger partial charge in [0.1, 0.15) is 0 Å². The lowest BCUT2D eigenvalue weighted by atomic mass is 10.0. The van der Waals surface area contributed by atoms with Crippen molar-refractivity contribution in [3.05, 3.63) is 11.7 Å². The summed E-state index contributed by atoms with van der Waals surface area (Å²) < 4.78 is 5.27. The Morgan fingerprint density at radius 2 is 2.12 bits per heavy atom. The topological polar surface area (TPSA) is 78.6 Å². The number of guanidine groups is 1. The van der Waals surface area contributed by atoms with E-state index < -0.39 is 0 Å². The monoisotopic (exact) mass is 364 g/mol. The summed E-state index contributed by atoms with van der Waals surface area (Å²) in [5.41, 5.74) is 0. The summed E-state index contributed by atoms with van der Waals surface area (Å²) >= 11 is 0. The van der Waals surface area contributed by atoms with Crippen molar-refractivity contribution in [2.75, 3.05) is 33.2 Å². The summed E-state index contributed by atoms with van der Waals surface area (Å²) in [6, 6.07) is 0.755. The Balaban J connectivity index is 1.61. The first-order valence-corrected chi connectivity index (χ1v) is 10.1. The maximum atomic E-state index is 5.27. The van der Waals surface area contributed by atoms with E-state index in [1.54, 1.807) is 0 Å². The number of aryl methyl sites for hydroxylation is 1. The predicted molar refractivity (Wildman–Crippen MR) is 106 cm³/mol. The maximum Gasteiger partial charge on any atom is 0.226 e. The average molecular weight is 365 g/mol. The summed E-state index contributed by atoms with van der Waals surface area (Å²) in [7, 11) is 1.82. The van der Waals surface area contributed by atoms with Gasteiger partial charge in [0.2, 0.25) is 5.89 Å². The van der Waals surface area contributed by atoms with E-state index in [1.807, 2.05) is 7.05 Å². The molecule has 2 rings (SSSR count). The van der Waals surface area contributed by atoms with Crippen LogP contribution in [-0.4, -0.2) is 60.3 Å². The molecule has 0 spiro atoms. The second-order valence-electron chi connectivity index (χ2n) is 7.32. The first kappa shape index (κ1) is 20.7. The predicted octanol–water partition coefficient (Wildman–Crippen LogP) is 2.56. The number of nitrogens with zero attached hydrogens (tertiary/aromatic N) is 4. The Hall–Kier alpha value is -1.63. The van der Waals surface area contributed by atoms with E-state index in [4.69, 9.17) is 4.52 Å². The van der Waals surface area contributed by atoms with Gasteiger partial charge in [-0.05, 0) is 32.2 Å². The molecule has 1 aromatic heterocycles. The summed E-state index contributed by atoms with van der Waals surface area (Å²) in [5.74, 6) is 2.67. The van der Waals surface area contributed by atoms with Gasteiger partial charge >= 0.3 is 0 Å². The van der Waals surface area contributed by atoms with Gasteiger partial charge in [0.15, 0.2) is 11.8 Å². The van der Waals surface area contributed by atoms with Crippen LogP contribution >= 0.6 is 0 Å². The fraction of sp³-hybridized carbons (Fsp3) is 0.842. The normalized spacial score (nSPS) is 19.1. The molecule has 0 aromatic carbocycles. The molecule has 1 saturated heterocycles. The Morgan fingerprint density at radius 3 is 2.81 bits per heavy atom. The summed E-state index contributed by atoms with van der Waals surface area (Å²) in [4.78, 5) is 11.3. The molecule has 26 heavy (non-hydrogen) atoms. The van der Waals surface area contributed by atoms with Gasteiger partial charge in [-0.15, -0.1) is 0 Å². The largest absolute Gasteiger partial charge is 0.356 e. The molecule has 7 heteroatoms. The first-order valence-electron chi connectivity index (χ1n) is 10.1. The van der Waals surface area contributed by atoms with Crippen molar-refractivity contribution in [1.29, 1.82) is 0 Å². The molecule has 1 atom stereocenters. The minimum Gasteiger partial charge on any atom is -0.356 e. The van der Waals surface area contributed by atoms with Crippen LogP contribution in [0.2, 0.25) is 0 Å². The highest BCUT2D eigenvalue weighted by atomic mass is 16.5. The SMILES string of the molecule is CCC1CCCCN1CCNC(=NC)NCCCc1nc(C(C)C)no1. The van der Waals surface area contributed by atoms with Crippen LogP contribution in [0.3, 0.4) is 0 Å². The molecule has 7 nitrogen and oxygen atoms in total. The van der Waals surface area contributed by atoms with E-state index in [1.165, 1.54) is 32.2 Å². The van der Waals surface area contributed by atoms with Crippen molar-refractivity contribution < 1.29 is 4.52 Å². The van der Waals surface area contributed by atoms with Crippen LogP contribution in [0.15, 0.2) is 9.52 Å². The Kier molecular flexibility index (Phi) is 8.88. The lowest BCUT2D eigenvalue weighted by molar-refractivity contribution is 0.147. The van der Waals surface area contributed by atoms with Gasteiger partial charge in [-0.1, -0.05) is 32.3 Å². The number of hydrogen-bond acceptors (Lipinski definition) is 5. The number of aromatic nitrogens is 2. The third-order valence-corrected chi connectivity index (χ3v) is 5.00. The molecule has 1 unspecified atom stereocenters. The third-order valence-electron chi connectivity index (χ3n) is 5.00. The molecular formula is C19H36N6O. The van der Waals surface area contributed by atoms with Crippen LogP contribution in [0.4, 0.5) is 0 Å². The number of piperidine rings is 1. The molecule has 1 aliphatic heterocycles. The van der Waals surface area contributed by atoms with Gasteiger partial charge in [-0.2, -0.15) is 4.98 Å². The number of likely N-dealkylation sites (tertiary alicyclic amines) is 1. The van der Waals surface area contributed by atoms with Crippen molar-refractivity contribution in [2.24, 2.45) is 4.99 Å². The number of nitrogens with one attached hydrogen (secondary N) is 2. The van der Waals surface area contributed by atoms with Crippen LogP contribution in [0, 0.1) is 0 Å². The third kappa shape index (κ3) is 6.59. The second kappa shape index (κ2) is 11.2. The highest BCUT2D eigenvalue weighted by molar-refractivity contribution is 5.79. The van der Waals surface area contributed by atoms with E-state index >= 15 is 0 Å². The molecule has 1 aliphatic rings. The van der Waals surface area contributed by atoms with E-state index in [0.717, 1.165) is 50.3 Å². The van der Waals surface area contributed by atoms with Crippen molar-refractivity contribution in [1.82, 2.24) is 25.7 Å². The van der Waals surface area contributed by atoms with Gasteiger partial charge in [0.05, 0.1) is 0 Å². The molecule has 2 N–H and O–H groups in total. The Morgan fingerprint density at radius 1 is 1.31 bits per heavy atom. The fourth-order valence-electron chi connectivity index (χ4n) is 3.41. The molecule has 0 aliphatic carbocycles. The minimum atomic E-state index is 0.306. The number of aliphatic imine (C=N–C) groups is 1. The van der Waals surface area contributed by atoms with Crippen LogP contribution in [-0.2, 0) is 6.42 Å². The minimum absolute atomic E-state index is 0.306. The summed E-state index contributed by atoms with van der Waals surface area (Å²) in [6.07, 6.45) is 7.03. The van der Waals surface area contributed by atoms with Crippen molar-refractivity contribution in [3.8, 4) is 0 Å². The van der Waals surface area contributed by atoms with Crippen LogP contribution in [0.25, 0.3) is 0 Å². The molecule has 0 amide bonds. The van der Waals surface area contributed by atoms with Gasteiger partial charge in [0, 0.05) is 45.1 Å². The maximum absolute atomic E-state index is 5.27. The quantitative estimate of drug-likeness (QED) is 0.398. The highest BCUT2D eigenvalue weighted by Crippen LogP contribution is 2.18. The second-order valence-corrected chi connectivity index (χ2v) is 7.32.